The molecular formula is C18H21N3O2. The number of fused-ring (bicyclic) bond motifs is 1. The number of rotatable bonds is 5. The Bertz CT molecular complexity index is 744. The first-order valence-electron chi connectivity index (χ1n) is 8.07. The van der Waals surface area contributed by atoms with Gasteiger partial charge in [-0.1, -0.05) is 18.2 Å². The topological polar surface area (TPSA) is 69.3 Å². The van der Waals surface area contributed by atoms with Gasteiger partial charge in [0.15, 0.2) is 5.78 Å². The Morgan fingerprint density at radius 3 is 3.00 bits per heavy atom. The minimum atomic E-state index is -0.325. The Morgan fingerprint density at radius 1 is 1.39 bits per heavy atom. The highest BCUT2D eigenvalue weighted by Crippen LogP contribution is 2.23. The molecule has 1 aliphatic rings. The number of Topliss-reactive ketones (excluding diaryl/α,β-unsaturated/α-hetero) is 1. The predicted molar refractivity (Wildman–Crippen MR) is 88.2 cm³/mol. The van der Waals surface area contributed by atoms with E-state index in [1.165, 1.54) is 0 Å². The van der Waals surface area contributed by atoms with Gasteiger partial charge in [0, 0.05) is 35.8 Å². The standard InChI is InChI=1S/C18H21N3O2/c19-8-4-10-21-12-16(15-6-1-2-7-17(15)21)18(23)13-20-9-3-5-14(22)11-20/h1-2,6-7,12,14,22H,3-5,9-11,13H2. The number of hydrogen-bond acceptors (Lipinski definition) is 4. The number of aliphatic hydroxyl groups excluding tert-OH is 1. The second-order valence-electron chi connectivity index (χ2n) is 6.12. The molecule has 0 radical (unpaired) electrons. The highest BCUT2D eigenvalue weighted by Gasteiger charge is 2.22. The van der Waals surface area contributed by atoms with E-state index in [0.717, 1.165) is 30.3 Å². The number of carbonyl (C=O) groups excluding carboxylic acids is 1. The number of carbonyl (C=O) groups is 1. The fraction of sp³-hybridized carbons (Fsp3) is 0.444. The van der Waals surface area contributed by atoms with E-state index in [1.54, 1.807) is 0 Å². The van der Waals surface area contributed by atoms with Crippen LogP contribution in [-0.4, -0.2) is 46.1 Å². The lowest BCUT2D eigenvalue weighted by molar-refractivity contribution is 0.0635. The van der Waals surface area contributed by atoms with E-state index < -0.39 is 0 Å². The molecule has 0 aliphatic carbocycles. The third-order valence-corrected chi connectivity index (χ3v) is 4.40. The summed E-state index contributed by atoms with van der Waals surface area (Å²) in [4.78, 5) is 14.7. The van der Waals surface area contributed by atoms with Crippen LogP contribution in [0.5, 0.6) is 0 Å². The summed E-state index contributed by atoms with van der Waals surface area (Å²) in [6.07, 6.45) is 3.71. The van der Waals surface area contributed by atoms with Gasteiger partial charge in [-0.05, 0) is 25.5 Å². The Hall–Kier alpha value is -2.16. The number of nitriles is 1. The molecule has 5 heteroatoms. The van der Waals surface area contributed by atoms with Crippen molar-refractivity contribution in [1.82, 2.24) is 9.47 Å². The molecule has 23 heavy (non-hydrogen) atoms. The quantitative estimate of drug-likeness (QED) is 0.859. The number of β-amino-alcohol motifs (C(OH)–C–C–N with tert-alkyl or cyclic N) is 1. The monoisotopic (exact) mass is 311 g/mol. The van der Waals surface area contributed by atoms with Crippen molar-refractivity contribution in [2.24, 2.45) is 0 Å². The molecule has 0 bridgehead atoms. The molecule has 1 aromatic carbocycles. The van der Waals surface area contributed by atoms with Crippen LogP contribution in [0.1, 0.15) is 29.6 Å². The lowest BCUT2D eigenvalue weighted by Gasteiger charge is -2.29. The number of piperidine rings is 1. The fourth-order valence-electron chi connectivity index (χ4n) is 3.29. The van der Waals surface area contributed by atoms with Crippen molar-refractivity contribution in [2.45, 2.75) is 31.9 Å². The van der Waals surface area contributed by atoms with Crippen molar-refractivity contribution in [3.8, 4) is 6.07 Å². The van der Waals surface area contributed by atoms with Crippen LogP contribution in [-0.2, 0) is 6.54 Å². The van der Waals surface area contributed by atoms with E-state index in [1.807, 2.05) is 39.9 Å². The number of nitrogens with zero attached hydrogens (tertiary/aromatic N) is 3. The number of ketones is 1. The van der Waals surface area contributed by atoms with Crippen molar-refractivity contribution in [3.05, 3.63) is 36.0 Å². The number of para-hydroxylation sites is 1. The van der Waals surface area contributed by atoms with Crippen LogP contribution in [0.25, 0.3) is 10.9 Å². The fourth-order valence-corrected chi connectivity index (χ4v) is 3.29. The molecular weight excluding hydrogens is 290 g/mol. The molecule has 1 atom stereocenters. The average Bonchev–Trinajstić information content (AvgIpc) is 2.92. The lowest BCUT2D eigenvalue weighted by atomic mass is 10.1. The van der Waals surface area contributed by atoms with Crippen LogP contribution in [0, 0.1) is 11.3 Å². The van der Waals surface area contributed by atoms with Gasteiger partial charge >= 0.3 is 0 Å². The first-order chi connectivity index (χ1) is 11.2. The first-order valence-corrected chi connectivity index (χ1v) is 8.07. The van der Waals surface area contributed by atoms with Crippen LogP contribution in [0.2, 0.25) is 0 Å². The van der Waals surface area contributed by atoms with Gasteiger partial charge in [0.2, 0.25) is 0 Å². The third-order valence-electron chi connectivity index (χ3n) is 4.40. The molecule has 120 valence electrons. The van der Waals surface area contributed by atoms with Gasteiger partial charge in [-0.25, -0.2) is 0 Å². The van der Waals surface area contributed by atoms with Gasteiger partial charge in [0.1, 0.15) is 0 Å². The molecule has 0 amide bonds. The summed E-state index contributed by atoms with van der Waals surface area (Å²) in [5.41, 5.74) is 1.70. The number of hydrogen-bond donors (Lipinski definition) is 1. The molecule has 0 saturated carbocycles. The number of aromatic nitrogens is 1. The van der Waals surface area contributed by atoms with Gasteiger partial charge in [-0.2, -0.15) is 5.26 Å². The van der Waals surface area contributed by atoms with Crippen LogP contribution >= 0.6 is 0 Å². The van der Waals surface area contributed by atoms with Crippen molar-refractivity contribution >= 4 is 16.7 Å². The van der Waals surface area contributed by atoms with Crippen molar-refractivity contribution in [1.29, 1.82) is 5.26 Å². The smallest absolute Gasteiger partial charge is 0.178 e. The van der Waals surface area contributed by atoms with E-state index in [9.17, 15) is 9.90 Å². The summed E-state index contributed by atoms with van der Waals surface area (Å²) >= 11 is 0. The molecule has 2 aromatic rings. The van der Waals surface area contributed by atoms with Gasteiger partial charge in [-0.3, -0.25) is 9.69 Å². The van der Waals surface area contributed by atoms with E-state index in [2.05, 4.69) is 6.07 Å². The van der Waals surface area contributed by atoms with Gasteiger partial charge in [0.05, 0.1) is 25.1 Å². The molecule has 1 aromatic heterocycles. The minimum absolute atomic E-state index is 0.0750. The second kappa shape index (κ2) is 6.95. The van der Waals surface area contributed by atoms with E-state index in [0.29, 0.717) is 31.6 Å². The number of aliphatic hydroxyl groups is 1. The van der Waals surface area contributed by atoms with Crippen LogP contribution in [0.4, 0.5) is 0 Å². The SMILES string of the molecule is N#CCCn1cc(C(=O)CN2CCCC(O)C2)c2ccccc21. The van der Waals surface area contributed by atoms with Crippen LogP contribution < -0.4 is 0 Å². The number of likely N-dealkylation sites (tertiary alicyclic amines) is 1. The molecule has 1 fully saturated rings. The van der Waals surface area contributed by atoms with Crippen LogP contribution in [0.15, 0.2) is 30.5 Å². The maximum Gasteiger partial charge on any atom is 0.178 e. The molecule has 1 unspecified atom stereocenters. The zero-order chi connectivity index (χ0) is 16.2. The van der Waals surface area contributed by atoms with Crippen molar-refractivity contribution in [3.63, 3.8) is 0 Å². The molecule has 1 aliphatic heterocycles. The Balaban J connectivity index is 1.84. The molecule has 5 nitrogen and oxygen atoms in total. The molecule has 1 N–H and O–H groups in total. The van der Waals surface area contributed by atoms with Crippen molar-refractivity contribution < 1.29 is 9.90 Å². The van der Waals surface area contributed by atoms with Gasteiger partial charge < -0.3 is 9.67 Å². The largest absolute Gasteiger partial charge is 0.392 e. The van der Waals surface area contributed by atoms with Crippen molar-refractivity contribution in [2.75, 3.05) is 19.6 Å². The van der Waals surface area contributed by atoms with E-state index >= 15 is 0 Å². The number of aryl methyl sites for hydroxylation is 1. The first kappa shape index (κ1) is 15.7. The molecule has 1 saturated heterocycles. The molecule has 0 spiro atoms. The lowest BCUT2D eigenvalue weighted by Crippen LogP contribution is -2.41. The Morgan fingerprint density at radius 2 is 2.22 bits per heavy atom. The zero-order valence-corrected chi connectivity index (χ0v) is 13.1. The minimum Gasteiger partial charge on any atom is -0.392 e. The highest BCUT2D eigenvalue weighted by atomic mass is 16.3. The second-order valence-corrected chi connectivity index (χ2v) is 6.12. The van der Waals surface area contributed by atoms with Crippen LogP contribution in [0.3, 0.4) is 0 Å². The average molecular weight is 311 g/mol. The summed E-state index contributed by atoms with van der Waals surface area (Å²) in [5.74, 6) is 0.0750. The number of benzene rings is 1. The van der Waals surface area contributed by atoms with E-state index in [4.69, 9.17) is 5.26 Å². The third kappa shape index (κ3) is 3.44. The molecule has 2 heterocycles. The summed E-state index contributed by atoms with van der Waals surface area (Å²) in [5, 5.41) is 19.5. The maximum absolute atomic E-state index is 12.7. The predicted octanol–water partition coefficient (Wildman–Crippen LogP) is 2.19. The summed E-state index contributed by atoms with van der Waals surface area (Å²) < 4.78 is 1.98. The highest BCUT2D eigenvalue weighted by molar-refractivity contribution is 6.09. The maximum atomic E-state index is 12.7. The summed E-state index contributed by atoms with van der Waals surface area (Å²) in [6.45, 7) is 2.35. The zero-order valence-electron chi connectivity index (χ0n) is 13.1. The van der Waals surface area contributed by atoms with Gasteiger partial charge in [-0.15, -0.1) is 0 Å². The summed E-state index contributed by atoms with van der Waals surface area (Å²) in [6, 6.07) is 9.96. The van der Waals surface area contributed by atoms with E-state index in [-0.39, 0.29) is 11.9 Å². The molecule has 3 rings (SSSR count). The van der Waals surface area contributed by atoms with Gasteiger partial charge in [0.25, 0.3) is 0 Å². The summed E-state index contributed by atoms with van der Waals surface area (Å²) in [7, 11) is 0. The Labute approximate surface area is 135 Å². The Kier molecular flexibility index (Phi) is 4.75. The normalized spacial score (nSPS) is 18.9.